The Kier molecular flexibility index (Phi) is 3.51. The Morgan fingerprint density at radius 2 is 2.00 bits per heavy atom. The van der Waals surface area contributed by atoms with Gasteiger partial charge in [-0.3, -0.25) is 5.10 Å². The second-order valence-electron chi connectivity index (χ2n) is 5.31. The minimum absolute atomic E-state index is 0.398. The van der Waals surface area contributed by atoms with Crippen LogP contribution in [-0.2, 0) is 0 Å². The van der Waals surface area contributed by atoms with Crippen LogP contribution in [0.3, 0.4) is 0 Å². The average Bonchev–Trinajstić information content (AvgIpc) is 2.96. The van der Waals surface area contributed by atoms with Crippen molar-refractivity contribution in [1.29, 1.82) is 0 Å². The fourth-order valence-corrected chi connectivity index (χ4v) is 2.69. The van der Waals surface area contributed by atoms with E-state index in [-0.39, 0.29) is 0 Å². The molecule has 1 heterocycles. The number of aromatic amines is 1. The van der Waals surface area contributed by atoms with E-state index in [1.54, 1.807) is 6.20 Å². The number of benzene rings is 1. The van der Waals surface area contributed by atoms with E-state index in [1.165, 1.54) is 5.69 Å². The molecule has 1 aromatic carbocycles. The summed E-state index contributed by atoms with van der Waals surface area (Å²) in [7, 11) is 0. The summed E-state index contributed by atoms with van der Waals surface area (Å²) in [5.74, 6) is 0. The Hall–Kier alpha value is -1.81. The quantitative estimate of drug-likeness (QED) is 0.791. The van der Waals surface area contributed by atoms with Gasteiger partial charge in [0.15, 0.2) is 0 Å². The number of anilines is 1. The lowest BCUT2D eigenvalue weighted by Gasteiger charge is -2.27. The molecule has 0 unspecified atom stereocenters. The highest BCUT2D eigenvalue weighted by molar-refractivity contribution is 5.64. The molecule has 1 aliphatic rings. The van der Waals surface area contributed by atoms with Crippen molar-refractivity contribution in [2.75, 3.05) is 5.32 Å². The van der Waals surface area contributed by atoms with E-state index >= 15 is 0 Å². The van der Waals surface area contributed by atoms with Crippen LogP contribution in [0.15, 0.2) is 36.5 Å². The summed E-state index contributed by atoms with van der Waals surface area (Å²) < 4.78 is 0. The van der Waals surface area contributed by atoms with Gasteiger partial charge < -0.3 is 11.1 Å². The first-order valence-corrected chi connectivity index (χ1v) is 6.93. The first-order valence-electron chi connectivity index (χ1n) is 6.93. The van der Waals surface area contributed by atoms with Gasteiger partial charge in [-0.15, -0.1) is 0 Å². The summed E-state index contributed by atoms with van der Waals surface area (Å²) in [6.45, 7) is 0. The Balaban J connectivity index is 1.70. The molecule has 0 radical (unpaired) electrons. The van der Waals surface area contributed by atoms with Crippen LogP contribution in [0.4, 0.5) is 5.69 Å². The van der Waals surface area contributed by atoms with Crippen LogP contribution in [0, 0.1) is 0 Å². The predicted octanol–water partition coefficient (Wildman–Crippen LogP) is 2.76. The maximum atomic E-state index is 5.94. The maximum Gasteiger partial charge on any atom is 0.0650 e. The molecule has 100 valence electrons. The van der Waals surface area contributed by atoms with E-state index in [4.69, 9.17) is 5.73 Å². The van der Waals surface area contributed by atoms with Crippen LogP contribution in [0.1, 0.15) is 25.7 Å². The molecule has 1 aliphatic carbocycles. The molecule has 0 amide bonds. The molecule has 0 saturated heterocycles. The van der Waals surface area contributed by atoms with Gasteiger partial charge in [-0.25, -0.2) is 0 Å². The number of hydrogen-bond donors (Lipinski definition) is 3. The number of nitrogens with zero attached hydrogens (tertiary/aromatic N) is 1. The van der Waals surface area contributed by atoms with E-state index in [0.717, 1.165) is 36.9 Å². The summed E-state index contributed by atoms with van der Waals surface area (Å²) in [6.07, 6.45) is 6.35. The molecule has 1 saturated carbocycles. The normalized spacial score (nSPS) is 23.2. The predicted molar refractivity (Wildman–Crippen MR) is 77.9 cm³/mol. The topological polar surface area (TPSA) is 66.7 Å². The van der Waals surface area contributed by atoms with E-state index in [2.05, 4.69) is 39.8 Å². The number of aromatic nitrogens is 2. The van der Waals surface area contributed by atoms with Crippen molar-refractivity contribution in [1.82, 2.24) is 10.2 Å². The molecule has 4 N–H and O–H groups in total. The highest BCUT2D eigenvalue weighted by Gasteiger charge is 2.18. The monoisotopic (exact) mass is 256 g/mol. The molecular weight excluding hydrogens is 236 g/mol. The summed E-state index contributed by atoms with van der Waals surface area (Å²) >= 11 is 0. The van der Waals surface area contributed by atoms with Crippen LogP contribution < -0.4 is 11.1 Å². The first-order chi connectivity index (χ1) is 9.31. The number of H-pyrrole nitrogens is 1. The minimum Gasteiger partial charge on any atom is -0.382 e. The van der Waals surface area contributed by atoms with E-state index in [9.17, 15) is 0 Å². The van der Waals surface area contributed by atoms with Crippen LogP contribution in [0.2, 0.25) is 0 Å². The van der Waals surface area contributed by atoms with Crippen molar-refractivity contribution in [2.24, 2.45) is 5.73 Å². The fourth-order valence-electron chi connectivity index (χ4n) is 2.69. The van der Waals surface area contributed by atoms with Crippen molar-refractivity contribution in [3.05, 3.63) is 36.5 Å². The Bertz CT molecular complexity index is 513. The van der Waals surface area contributed by atoms with Gasteiger partial charge in [-0.2, -0.15) is 5.10 Å². The van der Waals surface area contributed by atoms with Gasteiger partial charge in [-0.1, -0.05) is 12.1 Å². The van der Waals surface area contributed by atoms with Gasteiger partial charge in [0.1, 0.15) is 0 Å². The Morgan fingerprint density at radius 1 is 1.16 bits per heavy atom. The van der Waals surface area contributed by atoms with Crippen molar-refractivity contribution in [2.45, 2.75) is 37.8 Å². The van der Waals surface area contributed by atoms with Gasteiger partial charge in [-0.05, 0) is 43.9 Å². The molecule has 1 fully saturated rings. The third-order valence-electron chi connectivity index (χ3n) is 3.82. The molecule has 19 heavy (non-hydrogen) atoms. The molecule has 0 bridgehead atoms. The van der Waals surface area contributed by atoms with Gasteiger partial charge >= 0.3 is 0 Å². The molecule has 4 nitrogen and oxygen atoms in total. The molecular formula is C15H20N4. The van der Waals surface area contributed by atoms with Crippen molar-refractivity contribution in [3.8, 4) is 11.3 Å². The molecule has 1 aromatic heterocycles. The van der Waals surface area contributed by atoms with Crippen molar-refractivity contribution < 1.29 is 0 Å². The number of nitrogens with two attached hydrogens (primary N) is 1. The third-order valence-corrected chi connectivity index (χ3v) is 3.82. The molecule has 4 heteroatoms. The van der Waals surface area contributed by atoms with Crippen LogP contribution in [0.25, 0.3) is 11.3 Å². The zero-order valence-corrected chi connectivity index (χ0v) is 11.0. The van der Waals surface area contributed by atoms with E-state index in [1.807, 2.05) is 6.07 Å². The van der Waals surface area contributed by atoms with Crippen LogP contribution in [-0.4, -0.2) is 22.3 Å². The molecule has 2 aromatic rings. The summed E-state index contributed by atoms with van der Waals surface area (Å²) in [6, 6.07) is 11.4. The van der Waals surface area contributed by atoms with E-state index in [0.29, 0.717) is 12.1 Å². The number of hydrogen-bond acceptors (Lipinski definition) is 3. The standard InChI is InChI=1S/C15H20N4/c16-12-4-6-13(7-5-12)18-14-3-1-2-11(10-14)15-8-9-17-19-15/h1-3,8-10,12-13,18H,4-7,16H2,(H,17,19). The highest BCUT2D eigenvalue weighted by Crippen LogP contribution is 2.24. The Labute approximate surface area is 113 Å². The molecule has 0 aliphatic heterocycles. The maximum absolute atomic E-state index is 5.94. The Morgan fingerprint density at radius 3 is 2.74 bits per heavy atom. The number of nitrogens with one attached hydrogen (secondary N) is 2. The highest BCUT2D eigenvalue weighted by atomic mass is 15.1. The molecule has 3 rings (SSSR count). The fraction of sp³-hybridized carbons (Fsp3) is 0.400. The van der Waals surface area contributed by atoms with E-state index < -0.39 is 0 Å². The van der Waals surface area contributed by atoms with Crippen molar-refractivity contribution in [3.63, 3.8) is 0 Å². The molecule has 0 atom stereocenters. The minimum atomic E-state index is 0.398. The van der Waals surface area contributed by atoms with Gasteiger partial charge in [0, 0.05) is 29.5 Å². The summed E-state index contributed by atoms with van der Waals surface area (Å²) in [4.78, 5) is 0. The lowest BCUT2D eigenvalue weighted by atomic mass is 9.91. The first kappa shape index (κ1) is 12.2. The average molecular weight is 256 g/mol. The zero-order valence-electron chi connectivity index (χ0n) is 11.0. The van der Waals surface area contributed by atoms with Gasteiger partial charge in [0.25, 0.3) is 0 Å². The second-order valence-corrected chi connectivity index (χ2v) is 5.31. The summed E-state index contributed by atoms with van der Waals surface area (Å²) in [5, 5.41) is 10.6. The lowest BCUT2D eigenvalue weighted by molar-refractivity contribution is 0.411. The number of rotatable bonds is 3. The smallest absolute Gasteiger partial charge is 0.0650 e. The molecule has 0 spiro atoms. The largest absolute Gasteiger partial charge is 0.382 e. The second kappa shape index (κ2) is 5.45. The summed E-state index contributed by atoms with van der Waals surface area (Å²) in [5.41, 5.74) is 9.33. The van der Waals surface area contributed by atoms with Crippen LogP contribution >= 0.6 is 0 Å². The van der Waals surface area contributed by atoms with Crippen LogP contribution in [0.5, 0.6) is 0 Å². The van der Waals surface area contributed by atoms with Crippen molar-refractivity contribution >= 4 is 5.69 Å². The zero-order chi connectivity index (χ0) is 13.1. The SMILES string of the molecule is NC1CCC(Nc2cccc(-c3ccn[nH]3)c2)CC1. The van der Waals surface area contributed by atoms with Gasteiger partial charge in [0.05, 0.1) is 5.69 Å². The van der Waals surface area contributed by atoms with Gasteiger partial charge in [0.2, 0.25) is 0 Å². The lowest BCUT2D eigenvalue weighted by Crippen LogP contribution is -2.32. The third kappa shape index (κ3) is 2.96.